The van der Waals surface area contributed by atoms with E-state index in [9.17, 15) is 0 Å². The predicted molar refractivity (Wildman–Crippen MR) is 118 cm³/mol. The van der Waals surface area contributed by atoms with Crippen molar-refractivity contribution in [3.8, 4) is 11.5 Å². The highest BCUT2D eigenvalue weighted by molar-refractivity contribution is 9.18. The molecule has 0 radical (unpaired) electrons. The number of rotatable bonds is 4. The van der Waals surface area contributed by atoms with Crippen LogP contribution in [0.1, 0.15) is 0 Å². The minimum atomic E-state index is -1.89. The van der Waals surface area contributed by atoms with Crippen LogP contribution in [0.15, 0.2) is 59.8 Å². The SMILES string of the molecule is COc1ccc(P2(=S)C=CSP(=S)(c3ccc(OC)cc3)S2)cc1. The minimum Gasteiger partial charge on any atom is -0.497 e. The molecular formula is C16H16O2P2S4. The highest BCUT2D eigenvalue weighted by Gasteiger charge is 2.33. The van der Waals surface area contributed by atoms with Gasteiger partial charge in [0.05, 0.1) is 23.9 Å². The summed E-state index contributed by atoms with van der Waals surface area (Å²) in [6.45, 7) is 0. The number of hydrogen-bond acceptors (Lipinski definition) is 6. The van der Waals surface area contributed by atoms with Gasteiger partial charge in [0, 0.05) is 5.30 Å². The molecule has 8 heteroatoms. The average molecular weight is 431 g/mol. The Labute approximate surface area is 160 Å². The van der Waals surface area contributed by atoms with Crippen LogP contribution in [-0.2, 0) is 23.6 Å². The van der Waals surface area contributed by atoms with Crippen molar-refractivity contribution < 1.29 is 9.47 Å². The first-order valence-electron chi connectivity index (χ1n) is 7.05. The lowest BCUT2D eigenvalue weighted by atomic mass is 10.3. The van der Waals surface area contributed by atoms with Crippen molar-refractivity contribution in [1.29, 1.82) is 0 Å². The third-order valence-electron chi connectivity index (χ3n) is 3.51. The van der Waals surface area contributed by atoms with E-state index in [1.807, 2.05) is 35.3 Å². The summed E-state index contributed by atoms with van der Waals surface area (Å²) < 4.78 is 8.63. The summed E-state index contributed by atoms with van der Waals surface area (Å²) in [5.41, 5.74) is 0. The maximum Gasteiger partial charge on any atom is 0.118 e. The van der Waals surface area contributed by atoms with Crippen molar-refractivity contribution >= 4 is 66.3 Å². The molecule has 0 saturated heterocycles. The second-order valence-electron chi connectivity index (χ2n) is 4.96. The molecule has 2 aromatic carbocycles. The summed E-state index contributed by atoms with van der Waals surface area (Å²) in [5.74, 6) is 3.86. The third-order valence-corrected chi connectivity index (χ3v) is 24.7. The van der Waals surface area contributed by atoms with E-state index in [0.717, 1.165) is 11.5 Å². The Bertz CT molecular complexity index is 847. The zero-order valence-electron chi connectivity index (χ0n) is 13.1. The molecule has 3 rings (SSSR count). The number of hydrogen-bond donors (Lipinski definition) is 0. The molecule has 0 aromatic heterocycles. The fourth-order valence-electron chi connectivity index (χ4n) is 2.19. The molecule has 126 valence electrons. The first-order chi connectivity index (χ1) is 11.5. The summed E-state index contributed by atoms with van der Waals surface area (Å²) in [5, 5.41) is 2.57. The molecule has 2 nitrogen and oxygen atoms in total. The second-order valence-corrected chi connectivity index (χ2v) is 22.9. The number of methoxy groups -OCH3 is 2. The quantitative estimate of drug-likeness (QED) is 0.608. The van der Waals surface area contributed by atoms with Crippen molar-refractivity contribution in [2.24, 2.45) is 0 Å². The van der Waals surface area contributed by atoms with Gasteiger partial charge in [0.2, 0.25) is 0 Å². The molecule has 1 aliphatic rings. The molecule has 0 fully saturated rings. The van der Waals surface area contributed by atoms with E-state index < -0.39 is 9.68 Å². The van der Waals surface area contributed by atoms with Crippen LogP contribution in [0.5, 0.6) is 11.5 Å². The lowest BCUT2D eigenvalue weighted by Crippen LogP contribution is -2.05. The van der Waals surface area contributed by atoms with Crippen LogP contribution in [-0.4, -0.2) is 14.2 Å². The first kappa shape index (κ1) is 18.6. The maximum absolute atomic E-state index is 6.08. The van der Waals surface area contributed by atoms with Crippen molar-refractivity contribution in [2.45, 2.75) is 0 Å². The molecular weight excluding hydrogens is 414 g/mol. The van der Waals surface area contributed by atoms with Crippen LogP contribution in [0.4, 0.5) is 0 Å². The van der Waals surface area contributed by atoms with Crippen LogP contribution in [0.2, 0.25) is 0 Å². The molecule has 0 saturated carbocycles. The zero-order valence-corrected chi connectivity index (χ0v) is 18.2. The summed E-state index contributed by atoms with van der Waals surface area (Å²) in [4.78, 5) is 0. The van der Waals surface area contributed by atoms with E-state index in [-0.39, 0.29) is 0 Å². The fourth-order valence-corrected chi connectivity index (χ4v) is 29.0. The molecule has 0 spiro atoms. The topological polar surface area (TPSA) is 18.5 Å². The van der Waals surface area contributed by atoms with Crippen LogP contribution in [0.3, 0.4) is 0 Å². The van der Waals surface area contributed by atoms with Gasteiger partial charge >= 0.3 is 0 Å². The smallest absolute Gasteiger partial charge is 0.118 e. The standard InChI is InChI=1S/C16H16O2P2S4/c1-17-13-3-7-15(8-4-13)19(21)11-12-23-20(22,24-19)16-9-5-14(18-2)6-10-16/h3-12H,1-2H3. The van der Waals surface area contributed by atoms with Gasteiger partial charge in [-0.25, -0.2) is 0 Å². The van der Waals surface area contributed by atoms with E-state index in [0.29, 0.717) is 0 Å². The van der Waals surface area contributed by atoms with Crippen molar-refractivity contribution in [3.05, 3.63) is 59.8 Å². The predicted octanol–water partition coefficient (Wildman–Crippen LogP) is 5.31. The molecule has 2 atom stereocenters. The summed E-state index contributed by atoms with van der Waals surface area (Å²) in [6.07, 6.45) is 0. The van der Waals surface area contributed by atoms with Gasteiger partial charge in [-0.05, 0) is 65.1 Å². The summed E-state index contributed by atoms with van der Waals surface area (Å²) >= 11 is 15.7. The Morgan fingerprint density at radius 3 is 1.79 bits per heavy atom. The minimum absolute atomic E-state index is 0.843. The molecule has 1 heterocycles. The molecule has 1 aliphatic heterocycles. The highest BCUT2D eigenvalue weighted by Crippen LogP contribution is 2.85. The molecule has 24 heavy (non-hydrogen) atoms. The Hall–Kier alpha value is -0.220. The van der Waals surface area contributed by atoms with Crippen LogP contribution in [0, 0.1) is 0 Å². The molecule has 0 bridgehead atoms. The van der Waals surface area contributed by atoms with Crippen molar-refractivity contribution in [1.82, 2.24) is 0 Å². The van der Waals surface area contributed by atoms with Gasteiger partial charge in [-0.1, -0.05) is 46.0 Å². The lowest BCUT2D eigenvalue weighted by molar-refractivity contribution is 0.415. The van der Waals surface area contributed by atoms with Gasteiger partial charge in [-0.15, -0.1) is 0 Å². The number of ether oxygens (including phenoxy) is 2. The summed E-state index contributed by atoms with van der Waals surface area (Å²) in [7, 11) is 3.34. The van der Waals surface area contributed by atoms with Gasteiger partial charge in [-0.3, -0.25) is 0 Å². The maximum atomic E-state index is 6.08. The van der Waals surface area contributed by atoms with Crippen molar-refractivity contribution in [3.63, 3.8) is 0 Å². The fraction of sp³-hybridized carbons (Fsp3) is 0.125. The van der Waals surface area contributed by atoms with Crippen LogP contribution >= 0.6 is 32.1 Å². The average Bonchev–Trinajstić information content (AvgIpc) is 2.62. The molecule has 0 N–H and O–H groups in total. The molecule has 0 aliphatic carbocycles. The first-order valence-corrected chi connectivity index (χ1v) is 16.2. The molecule has 2 aromatic rings. The van der Waals surface area contributed by atoms with Crippen LogP contribution in [0.25, 0.3) is 0 Å². The van der Waals surface area contributed by atoms with E-state index in [1.54, 1.807) is 25.6 Å². The van der Waals surface area contributed by atoms with Gasteiger partial charge in [-0.2, -0.15) is 0 Å². The Balaban J connectivity index is 1.94. The van der Waals surface area contributed by atoms with E-state index in [2.05, 4.69) is 35.5 Å². The van der Waals surface area contributed by atoms with Gasteiger partial charge in [0.25, 0.3) is 0 Å². The summed E-state index contributed by atoms with van der Waals surface area (Å²) in [6, 6.07) is 16.2. The Morgan fingerprint density at radius 2 is 1.29 bits per heavy atom. The van der Waals surface area contributed by atoms with Crippen LogP contribution < -0.4 is 20.1 Å². The van der Waals surface area contributed by atoms with E-state index in [4.69, 9.17) is 33.1 Å². The van der Waals surface area contributed by atoms with E-state index in [1.165, 1.54) is 10.6 Å². The zero-order chi connectivity index (χ0) is 17.2. The lowest BCUT2D eigenvalue weighted by Gasteiger charge is -2.30. The highest BCUT2D eigenvalue weighted by atomic mass is 33.4. The van der Waals surface area contributed by atoms with Gasteiger partial charge < -0.3 is 9.47 Å². The Kier molecular flexibility index (Phi) is 5.86. The van der Waals surface area contributed by atoms with Gasteiger partial charge in [0.15, 0.2) is 0 Å². The van der Waals surface area contributed by atoms with Crippen molar-refractivity contribution in [2.75, 3.05) is 14.2 Å². The second kappa shape index (κ2) is 7.57. The molecule has 0 amide bonds. The van der Waals surface area contributed by atoms with E-state index >= 15 is 0 Å². The largest absolute Gasteiger partial charge is 0.497 e. The Morgan fingerprint density at radius 1 is 0.792 bits per heavy atom. The number of benzene rings is 2. The van der Waals surface area contributed by atoms with Gasteiger partial charge in [0.1, 0.15) is 11.5 Å². The monoisotopic (exact) mass is 430 g/mol. The normalized spacial score (nSPS) is 26.1. The molecule has 2 unspecified atom stereocenters. The third kappa shape index (κ3) is 3.80.